The maximum absolute atomic E-state index is 12.7. The fourth-order valence-corrected chi connectivity index (χ4v) is 6.11. The second-order valence-corrected chi connectivity index (χ2v) is 10.9. The number of rotatable bonds is 8. The van der Waals surface area contributed by atoms with Crippen LogP contribution >= 0.6 is 23.1 Å². The molecule has 35 heavy (non-hydrogen) atoms. The van der Waals surface area contributed by atoms with Crippen LogP contribution in [-0.2, 0) is 24.7 Å². The SMILES string of the molecule is CC(C)[C@@H](NC(=O)c1ccccc1)c1nnc(SCC(=O)Nc2sc3c(c2C#N)CCCC3)n1C. The van der Waals surface area contributed by atoms with E-state index in [4.69, 9.17) is 0 Å². The fraction of sp³-hybridized carbons (Fsp3) is 0.400. The molecule has 0 saturated heterocycles. The first-order valence-corrected chi connectivity index (χ1v) is 13.4. The van der Waals surface area contributed by atoms with E-state index in [1.807, 2.05) is 43.7 Å². The minimum Gasteiger partial charge on any atom is -0.342 e. The van der Waals surface area contributed by atoms with E-state index in [0.29, 0.717) is 27.1 Å². The van der Waals surface area contributed by atoms with Crippen molar-refractivity contribution in [3.63, 3.8) is 0 Å². The van der Waals surface area contributed by atoms with E-state index >= 15 is 0 Å². The van der Waals surface area contributed by atoms with Crippen molar-refractivity contribution in [2.24, 2.45) is 13.0 Å². The molecule has 1 aliphatic rings. The molecule has 3 aromatic rings. The van der Waals surface area contributed by atoms with Gasteiger partial charge in [0.2, 0.25) is 5.91 Å². The van der Waals surface area contributed by atoms with E-state index in [1.165, 1.54) is 28.0 Å². The molecule has 8 nitrogen and oxygen atoms in total. The molecule has 1 aliphatic carbocycles. The summed E-state index contributed by atoms with van der Waals surface area (Å²) in [6, 6.07) is 11.0. The van der Waals surface area contributed by atoms with Crippen molar-refractivity contribution in [3.8, 4) is 6.07 Å². The molecule has 0 fully saturated rings. The third-order valence-corrected chi connectivity index (χ3v) is 8.23. The van der Waals surface area contributed by atoms with E-state index in [0.717, 1.165) is 31.2 Å². The average molecular weight is 509 g/mol. The molecule has 0 aliphatic heterocycles. The summed E-state index contributed by atoms with van der Waals surface area (Å²) >= 11 is 2.79. The van der Waals surface area contributed by atoms with Crippen molar-refractivity contribution < 1.29 is 9.59 Å². The number of thioether (sulfide) groups is 1. The van der Waals surface area contributed by atoms with Crippen LogP contribution in [-0.4, -0.2) is 32.3 Å². The lowest BCUT2D eigenvalue weighted by Crippen LogP contribution is -2.33. The third kappa shape index (κ3) is 5.57. The highest BCUT2D eigenvalue weighted by Gasteiger charge is 2.26. The van der Waals surface area contributed by atoms with Crippen LogP contribution in [0.5, 0.6) is 0 Å². The molecule has 0 radical (unpaired) electrons. The second-order valence-electron chi connectivity index (χ2n) is 8.82. The van der Waals surface area contributed by atoms with Gasteiger partial charge < -0.3 is 15.2 Å². The number of anilines is 1. The molecular formula is C25H28N6O2S2. The highest BCUT2D eigenvalue weighted by atomic mass is 32.2. The summed E-state index contributed by atoms with van der Waals surface area (Å²) in [6.45, 7) is 4.02. The number of aromatic nitrogens is 3. The molecule has 4 rings (SSSR count). The molecule has 182 valence electrons. The highest BCUT2D eigenvalue weighted by molar-refractivity contribution is 7.99. The summed E-state index contributed by atoms with van der Waals surface area (Å²) in [5, 5.41) is 25.4. The Bertz CT molecular complexity index is 1260. The highest BCUT2D eigenvalue weighted by Crippen LogP contribution is 2.37. The van der Waals surface area contributed by atoms with Gasteiger partial charge >= 0.3 is 0 Å². The molecule has 2 N–H and O–H groups in total. The Morgan fingerprint density at radius 2 is 1.94 bits per heavy atom. The largest absolute Gasteiger partial charge is 0.342 e. The minimum absolute atomic E-state index is 0.0842. The van der Waals surface area contributed by atoms with Crippen LogP contribution in [0.15, 0.2) is 35.5 Å². The molecule has 10 heteroatoms. The molecule has 2 aromatic heterocycles. The van der Waals surface area contributed by atoms with Crippen LogP contribution in [0.3, 0.4) is 0 Å². The summed E-state index contributed by atoms with van der Waals surface area (Å²) in [4.78, 5) is 26.6. The van der Waals surface area contributed by atoms with E-state index in [-0.39, 0.29) is 29.5 Å². The lowest BCUT2D eigenvalue weighted by molar-refractivity contribution is -0.113. The lowest BCUT2D eigenvalue weighted by Gasteiger charge is -2.21. The number of nitriles is 1. The molecular weight excluding hydrogens is 480 g/mol. The van der Waals surface area contributed by atoms with Crippen molar-refractivity contribution >= 4 is 39.9 Å². The van der Waals surface area contributed by atoms with Gasteiger partial charge in [-0.25, -0.2) is 0 Å². The molecule has 0 unspecified atom stereocenters. The van der Waals surface area contributed by atoms with Crippen molar-refractivity contribution in [1.82, 2.24) is 20.1 Å². The summed E-state index contributed by atoms with van der Waals surface area (Å²) in [5.41, 5.74) is 2.29. The van der Waals surface area contributed by atoms with Gasteiger partial charge in [-0.1, -0.05) is 43.8 Å². The summed E-state index contributed by atoms with van der Waals surface area (Å²) in [6.07, 6.45) is 4.08. The molecule has 1 aromatic carbocycles. The van der Waals surface area contributed by atoms with E-state index < -0.39 is 0 Å². The number of nitrogens with one attached hydrogen (secondary N) is 2. The van der Waals surface area contributed by atoms with E-state index in [2.05, 4.69) is 26.9 Å². The van der Waals surface area contributed by atoms with Crippen molar-refractivity contribution in [3.05, 3.63) is 57.7 Å². The number of aryl methyl sites for hydroxylation is 1. The Morgan fingerprint density at radius 1 is 1.20 bits per heavy atom. The Morgan fingerprint density at radius 3 is 2.66 bits per heavy atom. The van der Waals surface area contributed by atoms with E-state index in [1.54, 1.807) is 12.1 Å². The Hall–Kier alpha value is -3.16. The maximum atomic E-state index is 12.7. The van der Waals surface area contributed by atoms with Crippen LogP contribution < -0.4 is 10.6 Å². The second kappa shape index (κ2) is 11.1. The molecule has 0 bridgehead atoms. The van der Waals surface area contributed by atoms with Gasteiger partial charge in [-0.05, 0) is 49.3 Å². The predicted molar refractivity (Wildman–Crippen MR) is 138 cm³/mol. The standard InChI is InChI=1S/C25H28N6O2S2/c1-15(2)21(28-23(33)16-9-5-4-6-10-16)22-29-30-25(31(22)3)34-14-20(32)27-24-18(13-26)17-11-7-8-12-19(17)35-24/h4-6,9-10,15,21H,7-8,11-12,14H2,1-3H3,(H,27,32)(H,28,33)/t21-/m1/s1. The van der Waals surface area contributed by atoms with Gasteiger partial charge in [-0.3, -0.25) is 9.59 Å². The Kier molecular flexibility index (Phi) is 7.88. The van der Waals surface area contributed by atoms with Gasteiger partial charge in [-0.2, -0.15) is 5.26 Å². The molecule has 2 amide bonds. The van der Waals surface area contributed by atoms with Crippen LogP contribution in [0.25, 0.3) is 0 Å². The predicted octanol–water partition coefficient (Wildman–Crippen LogP) is 4.48. The number of thiophene rings is 1. The normalized spacial score (nSPS) is 13.7. The quantitative estimate of drug-likeness (QED) is 0.434. The number of nitrogens with zero attached hydrogens (tertiary/aromatic N) is 4. The van der Waals surface area contributed by atoms with E-state index in [9.17, 15) is 14.9 Å². The molecule has 1 atom stereocenters. The summed E-state index contributed by atoms with van der Waals surface area (Å²) in [7, 11) is 1.83. The summed E-state index contributed by atoms with van der Waals surface area (Å²) < 4.78 is 1.82. The Balaban J connectivity index is 1.41. The van der Waals surface area contributed by atoms with Gasteiger partial charge in [-0.15, -0.1) is 21.5 Å². The fourth-order valence-electron chi connectivity index (χ4n) is 4.13. The monoisotopic (exact) mass is 508 g/mol. The van der Waals surface area contributed by atoms with Crippen LogP contribution in [0.2, 0.25) is 0 Å². The minimum atomic E-state index is -0.334. The molecule has 0 saturated carbocycles. The van der Waals surface area contributed by atoms with Gasteiger partial charge in [0.1, 0.15) is 11.1 Å². The number of carbonyl (C=O) groups excluding carboxylic acids is 2. The first-order valence-electron chi connectivity index (χ1n) is 11.6. The van der Waals surface area contributed by atoms with Crippen molar-refractivity contribution in [2.75, 3.05) is 11.1 Å². The van der Waals surface area contributed by atoms with Crippen LogP contribution in [0, 0.1) is 17.2 Å². The Labute approximate surface area is 213 Å². The lowest BCUT2D eigenvalue weighted by atomic mass is 9.96. The number of hydrogen-bond donors (Lipinski definition) is 2. The van der Waals surface area contributed by atoms with Gasteiger partial charge in [0.15, 0.2) is 11.0 Å². The topological polar surface area (TPSA) is 113 Å². The number of amides is 2. The zero-order valence-corrected chi connectivity index (χ0v) is 21.6. The molecule has 2 heterocycles. The van der Waals surface area contributed by atoms with Gasteiger partial charge in [0.25, 0.3) is 5.91 Å². The number of carbonyl (C=O) groups is 2. The summed E-state index contributed by atoms with van der Waals surface area (Å²) in [5.74, 6) is 0.494. The van der Waals surface area contributed by atoms with Crippen LogP contribution in [0.1, 0.15) is 64.9 Å². The van der Waals surface area contributed by atoms with Gasteiger partial charge in [0.05, 0.1) is 17.4 Å². The molecule has 0 spiro atoms. The maximum Gasteiger partial charge on any atom is 0.251 e. The first kappa shape index (κ1) is 24.9. The third-order valence-electron chi connectivity index (χ3n) is 6.00. The number of benzene rings is 1. The van der Waals surface area contributed by atoms with Crippen molar-refractivity contribution in [2.45, 2.75) is 50.7 Å². The number of hydrogen-bond acceptors (Lipinski definition) is 7. The zero-order chi connectivity index (χ0) is 24.9. The smallest absolute Gasteiger partial charge is 0.251 e. The zero-order valence-electron chi connectivity index (χ0n) is 20.0. The first-order chi connectivity index (χ1) is 16.9. The van der Waals surface area contributed by atoms with Crippen LogP contribution in [0.4, 0.5) is 5.00 Å². The van der Waals surface area contributed by atoms with Gasteiger partial charge in [0, 0.05) is 17.5 Å². The average Bonchev–Trinajstić information content (AvgIpc) is 3.40. The van der Waals surface area contributed by atoms with Crippen molar-refractivity contribution in [1.29, 1.82) is 5.26 Å². The number of fused-ring (bicyclic) bond motifs is 1.